The zero-order valence-corrected chi connectivity index (χ0v) is 59.1. The molecule has 0 radical (unpaired) electrons. The Morgan fingerprint density at radius 1 is 0.435 bits per heavy atom. The summed E-state index contributed by atoms with van der Waals surface area (Å²) in [4.78, 5) is 26.7. The number of aliphatic hydroxyl groups excluding tert-OH is 5. The number of rotatable bonds is 65. The summed E-state index contributed by atoms with van der Waals surface area (Å²) in [7, 11) is 0. The Balaban J connectivity index is 2.54. The molecule has 8 unspecified atom stereocenters. The Morgan fingerprint density at radius 3 is 1.20 bits per heavy atom. The lowest BCUT2D eigenvalue weighted by molar-refractivity contribution is -0.305. The van der Waals surface area contributed by atoms with E-state index in [0.29, 0.717) is 12.8 Å². The Hall–Kier alpha value is -3.68. The van der Waals surface area contributed by atoms with E-state index in [-0.39, 0.29) is 19.4 Å². The van der Waals surface area contributed by atoms with Gasteiger partial charge in [-0.25, -0.2) is 0 Å². The summed E-state index contributed by atoms with van der Waals surface area (Å²) in [5.41, 5.74) is 0. The number of aliphatic hydroxyl groups is 5. The van der Waals surface area contributed by atoms with Crippen LogP contribution in [0.4, 0.5) is 0 Å². The molecule has 1 rings (SSSR count). The van der Waals surface area contributed by atoms with Gasteiger partial charge in [0.05, 0.1) is 25.4 Å². The lowest BCUT2D eigenvalue weighted by atomic mass is 9.99. The van der Waals surface area contributed by atoms with Crippen LogP contribution in [0.25, 0.3) is 0 Å². The predicted octanol–water partition coefficient (Wildman–Crippen LogP) is 20.4. The summed E-state index contributed by atoms with van der Waals surface area (Å²) in [5, 5.41) is 57.4. The maximum atomic E-state index is 13.5. The molecule has 1 aliphatic rings. The van der Waals surface area contributed by atoms with Crippen LogP contribution in [0.2, 0.25) is 0 Å². The van der Waals surface area contributed by atoms with Gasteiger partial charge in [0.25, 0.3) is 0 Å². The first-order valence-corrected chi connectivity index (χ1v) is 38.2. The molecule has 0 aliphatic carbocycles. The standard InChI is InChI=1S/C81H141NO10/c1-4-7-10-13-16-19-22-25-27-29-31-33-35-37-38-39-41-43-45-47-49-51-54-57-60-63-66-69-76(86)92-79-78(88)77(87)75(70-83)91-81(79)90-71-72(73(84)67-64-61-58-55-52-24-21-18-15-12-9-6-3)82-80(89)74(85)68-65-62-59-56-53-50-48-46-44-42-40-36-34-32-30-28-26-23-20-17-14-11-8-5-2/h8,11,16-17,19-20,25-28,32,34,40,42,46,48,64,67,72-75,77-79,81,83-85,87-88H,4-7,9-10,12-15,18,21-24,29-31,33,35-39,41,43-45,47,49-63,65-66,68-71H2,1-3H3,(H,82,89)/b11-8-,19-16-,20-17-,27-25-,28-26-,34-32-,42-40-,48-46-,67-64+. The van der Waals surface area contributed by atoms with Gasteiger partial charge in [0.15, 0.2) is 12.4 Å². The maximum Gasteiger partial charge on any atom is 0.306 e. The van der Waals surface area contributed by atoms with Gasteiger partial charge in [-0.1, -0.05) is 323 Å². The third-order valence-electron chi connectivity index (χ3n) is 17.4. The van der Waals surface area contributed by atoms with E-state index in [0.717, 1.165) is 116 Å². The van der Waals surface area contributed by atoms with Crippen LogP contribution in [0.3, 0.4) is 0 Å². The van der Waals surface area contributed by atoms with Crippen molar-refractivity contribution in [1.29, 1.82) is 0 Å². The molecular weight excluding hydrogens is 1150 g/mol. The summed E-state index contributed by atoms with van der Waals surface area (Å²) >= 11 is 0. The maximum absolute atomic E-state index is 13.5. The second-order valence-electron chi connectivity index (χ2n) is 26.0. The van der Waals surface area contributed by atoms with E-state index in [1.165, 1.54) is 167 Å². The smallest absolute Gasteiger partial charge is 0.306 e. The van der Waals surface area contributed by atoms with Crippen LogP contribution in [-0.4, -0.2) is 99.6 Å². The van der Waals surface area contributed by atoms with Crippen molar-refractivity contribution < 1.29 is 49.3 Å². The highest BCUT2D eigenvalue weighted by Crippen LogP contribution is 2.26. The topological polar surface area (TPSA) is 175 Å². The van der Waals surface area contributed by atoms with Crippen LogP contribution in [0, 0.1) is 0 Å². The van der Waals surface area contributed by atoms with E-state index in [1.54, 1.807) is 6.08 Å². The van der Waals surface area contributed by atoms with Crippen LogP contribution in [0.5, 0.6) is 0 Å². The van der Waals surface area contributed by atoms with Crippen molar-refractivity contribution in [2.75, 3.05) is 13.2 Å². The van der Waals surface area contributed by atoms with Crippen LogP contribution >= 0.6 is 0 Å². The predicted molar refractivity (Wildman–Crippen MR) is 388 cm³/mol. The monoisotopic (exact) mass is 1290 g/mol. The van der Waals surface area contributed by atoms with Crippen molar-refractivity contribution in [2.45, 2.75) is 378 Å². The van der Waals surface area contributed by atoms with E-state index in [9.17, 15) is 35.1 Å². The second-order valence-corrected chi connectivity index (χ2v) is 26.0. The number of hydrogen-bond donors (Lipinski definition) is 6. The lowest BCUT2D eigenvalue weighted by Gasteiger charge is -2.41. The minimum absolute atomic E-state index is 0.119. The molecular formula is C81H141NO10. The Bertz CT molecular complexity index is 1920. The highest BCUT2D eigenvalue weighted by molar-refractivity contribution is 5.80. The first kappa shape index (κ1) is 86.3. The highest BCUT2D eigenvalue weighted by atomic mass is 16.7. The van der Waals surface area contributed by atoms with E-state index in [4.69, 9.17) is 14.2 Å². The van der Waals surface area contributed by atoms with Gasteiger partial charge in [-0.3, -0.25) is 9.59 Å². The number of ether oxygens (including phenoxy) is 3. The molecule has 6 N–H and O–H groups in total. The van der Waals surface area contributed by atoms with Crippen molar-refractivity contribution in [1.82, 2.24) is 5.32 Å². The fourth-order valence-corrected chi connectivity index (χ4v) is 11.5. The van der Waals surface area contributed by atoms with Gasteiger partial charge in [-0.2, -0.15) is 0 Å². The molecule has 0 bridgehead atoms. The van der Waals surface area contributed by atoms with Crippen molar-refractivity contribution in [3.05, 3.63) is 109 Å². The number of amides is 1. The van der Waals surface area contributed by atoms with Crippen LogP contribution in [0.1, 0.15) is 329 Å². The average Bonchev–Trinajstić information content (AvgIpc) is 0.928. The third kappa shape index (κ3) is 53.6. The highest BCUT2D eigenvalue weighted by Gasteiger charge is 2.47. The Labute approximate surface area is 564 Å². The van der Waals surface area contributed by atoms with Gasteiger partial charge >= 0.3 is 5.97 Å². The van der Waals surface area contributed by atoms with Gasteiger partial charge in [0.2, 0.25) is 5.91 Å². The Kier molecular flexibility index (Phi) is 63.2. The molecule has 8 atom stereocenters. The number of allylic oxidation sites excluding steroid dienone is 17. The molecule has 0 spiro atoms. The SMILES string of the molecule is CC/C=C\C/C=C\C/C=C\C/C=C\C/C=C\C/C=C\CCCCCCCC(O)C(=O)NC(COC1OC(CO)C(O)C(O)C1OC(=O)CCCCCCCCCCCCCCCCCCC/C=C\C/C=C\CCCCC)C(O)/C=C/CCCCCCCCCCCC. The second kappa shape index (κ2) is 67.3. The average molecular weight is 1290 g/mol. The molecule has 1 aliphatic heterocycles. The van der Waals surface area contributed by atoms with Crippen molar-refractivity contribution in [3.8, 4) is 0 Å². The molecule has 0 aromatic carbocycles. The van der Waals surface area contributed by atoms with Crippen molar-refractivity contribution in [2.24, 2.45) is 0 Å². The number of hydrogen-bond acceptors (Lipinski definition) is 10. The van der Waals surface area contributed by atoms with Crippen LogP contribution in [-0.2, 0) is 23.8 Å². The fourth-order valence-electron chi connectivity index (χ4n) is 11.5. The molecule has 0 aromatic heterocycles. The van der Waals surface area contributed by atoms with Gasteiger partial charge < -0.3 is 45.1 Å². The van der Waals surface area contributed by atoms with E-state index in [1.807, 2.05) is 6.08 Å². The molecule has 1 amide bonds. The lowest BCUT2D eigenvalue weighted by Crippen LogP contribution is -2.61. The first-order valence-electron chi connectivity index (χ1n) is 38.2. The molecule has 0 aromatic rings. The number of carbonyl (C=O) groups excluding carboxylic acids is 2. The van der Waals surface area contributed by atoms with E-state index >= 15 is 0 Å². The van der Waals surface area contributed by atoms with Gasteiger partial charge in [0.1, 0.15) is 24.4 Å². The summed E-state index contributed by atoms with van der Waals surface area (Å²) in [6.07, 6.45) is 82.7. The molecule has 92 heavy (non-hydrogen) atoms. The zero-order chi connectivity index (χ0) is 66.7. The van der Waals surface area contributed by atoms with E-state index in [2.05, 4.69) is 123 Å². The largest absolute Gasteiger partial charge is 0.454 e. The van der Waals surface area contributed by atoms with Crippen LogP contribution in [0.15, 0.2) is 109 Å². The summed E-state index contributed by atoms with van der Waals surface area (Å²) in [6.45, 7) is 5.68. The number of esters is 1. The third-order valence-corrected chi connectivity index (χ3v) is 17.4. The minimum Gasteiger partial charge on any atom is -0.454 e. The van der Waals surface area contributed by atoms with Crippen LogP contribution < -0.4 is 5.32 Å². The van der Waals surface area contributed by atoms with E-state index < -0.39 is 67.4 Å². The van der Waals surface area contributed by atoms with Gasteiger partial charge in [-0.15, -0.1) is 0 Å². The molecule has 1 heterocycles. The summed E-state index contributed by atoms with van der Waals surface area (Å²) < 4.78 is 17.7. The molecule has 1 saturated heterocycles. The number of nitrogens with one attached hydrogen (secondary N) is 1. The molecule has 11 nitrogen and oxygen atoms in total. The zero-order valence-electron chi connectivity index (χ0n) is 59.1. The summed E-state index contributed by atoms with van der Waals surface area (Å²) in [5.74, 6) is -1.21. The fraction of sp³-hybridized carbons (Fsp3) is 0.753. The quantitative estimate of drug-likeness (QED) is 0.0195. The molecule has 530 valence electrons. The van der Waals surface area contributed by atoms with Crippen molar-refractivity contribution in [3.63, 3.8) is 0 Å². The molecule has 11 heteroatoms. The molecule has 0 saturated carbocycles. The minimum atomic E-state index is -1.62. The van der Waals surface area contributed by atoms with Gasteiger partial charge in [-0.05, 0) is 109 Å². The Morgan fingerprint density at radius 2 is 0.783 bits per heavy atom. The molecule has 1 fully saturated rings. The number of unbranched alkanes of at least 4 members (excludes halogenated alkanes) is 35. The number of carbonyl (C=O) groups is 2. The van der Waals surface area contributed by atoms with Gasteiger partial charge in [0, 0.05) is 6.42 Å². The summed E-state index contributed by atoms with van der Waals surface area (Å²) in [6, 6.07) is -1.04. The van der Waals surface area contributed by atoms with Crippen molar-refractivity contribution >= 4 is 11.9 Å². The normalized spacial score (nSPS) is 18.5. The first-order chi connectivity index (χ1) is 45.2.